The Balaban J connectivity index is 2.12. The van der Waals surface area contributed by atoms with Gasteiger partial charge in [0.25, 0.3) is 0 Å². The van der Waals surface area contributed by atoms with E-state index < -0.39 is 0 Å². The molecule has 0 aliphatic heterocycles. The molecule has 0 unspecified atom stereocenters. The van der Waals surface area contributed by atoms with E-state index in [2.05, 4.69) is 5.10 Å². The third kappa shape index (κ3) is 1.96. The maximum absolute atomic E-state index is 6.22. The van der Waals surface area contributed by atoms with Crippen LogP contribution in [0.25, 0.3) is 5.69 Å². The first-order valence-corrected chi connectivity index (χ1v) is 6.52. The van der Waals surface area contributed by atoms with Crippen molar-refractivity contribution in [3.8, 4) is 5.69 Å². The SMILES string of the molecule is Clc1ccc(-n2ncc3c2CCCC3)c(Cl)c1. The fourth-order valence-electron chi connectivity index (χ4n) is 2.35. The van der Waals surface area contributed by atoms with Crippen LogP contribution in [0, 0.1) is 0 Å². The Morgan fingerprint density at radius 1 is 1.12 bits per heavy atom. The zero-order chi connectivity index (χ0) is 11.8. The van der Waals surface area contributed by atoms with E-state index in [0.29, 0.717) is 10.0 Å². The molecule has 1 aromatic carbocycles. The summed E-state index contributed by atoms with van der Waals surface area (Å²) in [5.74, 6) is 0. The van der Waals surface area contributed by atoms with Gasteiger partial charge in [0.15, 0.2) is 0 Å². The van der Waals surface area contributed by atoms with Gasteiger partial charge in [-0.25, -0.2) is 4.68 Å². The lowest BCUT2D eigenvalue weighted by Gasteiger charge is -2.14. The van der Waals surface area contributed by atoms with Crippen molar-refractivity contribution < 1.29 is 0 Å². The monoisotopic (exact) mass is 266 g/mol. The molecule has 0 saturated carbocycles. The van der Waals surface area contributed by atoms with Crippen LogP contribution in [-0.2, 0) is 12.8 Å². The number of benzene rings is 1. The maximum Gasteiger partial charge on any atom is 0.0836 e. The molecule has 1 aliphatic carbocycles. The van der Waals surface area contributed by atoms with E-state index in [-0.39, 0.29) is 0 Å². The van der Waals surface area contributed by atoms with Gasteiger partial charge in [-0.2, -0.15) is 5.10 Å². The van der Waals surface area contributed by atoms with E-state index in [0.717, 1.165) is 18.5 Å². The molecule has 0 radical (unpaired) electrons. The number of nitrogens with zero attached hydrogens (tertiary/aromatic N) is 2. The van der Waals surface area contributed by atoms with Crippen molar-refractivity contribution in [2.45, 2.75) is 25.7 Å². The zero-order valence-electron chi connectivity index (χ0n) is 9.29. The molecule has 0 fully saturated rings. The minimum atomic E-state index is 0.647. The first kappa shape index (κ1) is 11.1. The lowest BCUT2D eigenvalue weighted by Crippen LogP contribution is -2.08. The van der Waals surface area contributed by atoms with Crippen LogP contribution < -0.4 is 0 Å². The standard InChI is InChI=1S/C13H12Cl2N2/c14-10-5-6-13(11(15)7-10)17-12-4-2-1-3-9(12)8-16-17/h5-8H,1-4H2. The van der Waals surface area contributed by atoms with Crippen LogP contribution >= 0.6 is 23.2 Å². The van der Waals surface area contributed by atoms with Crippen molar-refractivity contribution in [2.24, 2.45) is 0 Å². The van der Waals surface area contributed by atoms with Crippen LogP contribution in [0.3, 0.4) is 0 Å². The third-order valence-corrected chi connectivity index (χ3v) is 3.74. The van der Waals surface area contributed by atoms with E-state index in [4.69, 9.17) is 23.2 Å². The molecule has 0 saturated heterocycles. The molecule has 4 heteroatoms. The highest BCUT2D eigenvalue weighted by Gasteiger charge is 2.17. The number of aryl methyl sites for hydroxylation is 1. The quantitative estimate of drug-likeness (QED) is 0.761. The maximum atomic E-state index is 6.22. The molecule has 0 amide bonds. The number of fused-ring (bicyclic) bond motifs is 1. The lowest BCUT2D eigenvalue weighted by molar-refractivity contribution is 0.653. The summed E-state index contributed by atoms with van der Waals surface area (Å²) in [5, 5.41) is 5.75. The zero-order valence-corrected chi connectivity index (χ0v) is 10.8. The highest BCUT2D eigenvalue weighted by molar-refractivity contribution is 6.35. The summed E-state index contributed by atoms with van der Waals surface area (Å²) in [5.41, 5.74) is 3.56. The molecule has 1 aromatic heterocycles. The fourth-order valence-corrected chi connectivity index (χ4v) is 2.84. The molecular weight excluding hydrogens is 255 g/mol. The van der Waals surface area contributed by atoms with Crippen molar-refractivity contribution in [3.05, 3.63) is 45.7 Å². The normalized spacial score (nSPS) is 14.7. The van der Waals surface area contributed by atoms with Gasteiger partial charge in [-0.1, -0.05) is 23.2 Å². The molecule has 1 aliphatic rings. The molecule has 0 spiro atoms. The van der Waals surface area contributed by atoms with Crippen molar-refractivity contribution >= 4 is 23.2 Å². The molecular formula is C13H12Cl2N2. The van der Waals surface area contributed by atoms with Gasteiger partial charge < -0.3 is 0 Å². The minimum absolute atomic E-state index is 0.647. The second-order valence-corrected chi connectivity index (χ2v) is 5.17. The van der Waals surface area contributed by atoms with E-state index in [9.17, 15) is 0 Å². The second kappa shape index (κ2) is 4.35. The first-order chi connectivity index (χ1) is 8.25. The van der Waals surface area contributed by atoms with Gasteiger partial charge in [-0.3, -0.25) is 0 Å². The molecule has 17 heavy (non-hydrogen) atoms. The van der Waals surface area contributed by atoms with Crippen LogP contribution in [0.15, 0.2) is 24.4 Å². The highest BCUT2D eigenvalue weighted by atomic mass is 35.5. The van der Waals surface area contributed by atoms with Crippen molar-refractivity contribution in [1.29, 1.82) is 0 Å². The Morgan fingerprint density at radius 3 is 2.76 bits per heavy atom. The summed E-state index contributed by atoms with van der Waals surface area (Å²) in [6.07, 6.45) is 6.64. The van der Waals surface area contributed by atoms with Crippen LogP contribution in [0.5, 0.6) is 0 Å². The van der Waals surface area contributed by atoms with Crippen LogP contribution in [0.4, 0.5) is 0 Å². The van der Waals surface area contributed by atoms with Crippen molar-refractivity contribution in [1.82, 2.24) is 9.78 Å². The predicted molar refractivity (Wildman–Crippen MR) is 70.2 cm³/mol. The van der Waals surface area contributed by atoms with Crippen molar-refractivity contribution in [3.63, 3.8) is 0 Å². The lowest BCUT2D eigenvalue weighted by atomic mass is 9.98. The summed E-state index contributed by atoms with van der Waals surface area (Å²) in [4.78, 5) is 0. The van der Waals surface area contributed by atoms with Gasteiger partial charge in [0.1, 0.15) is 0 Å². The third-order valence-electron chi connectivity index (χ3n) is 3.20. The van der Waals surface area contributed by atoms with Gasteiger partial charge in [0, 0.05) is 10.7 Å². The van der Waals surface area contributed by atoms with Gasteiger partial charge in [0.2, 0.25) is 0 Å². The second-order valence-electron chi connectivity index (χ2n) is 4.33. The Labute approximate surface area is 110 Å². The average Bonchev–Trinajstić information content (AvgIpc) is 2.73. The van der Waals surface area contributed by atoms with Crippen LogP contribution in [0.2, 0.25) is 10.0 Å². The summed E-state index contributed by atoms with van der Waals surface area (Å²) >= 11 is 12.1. The van der Waals surface area contributed by atoms with Crippen LogP contribution in [0.1, 0.15) is 24.1 Å². The summed E-state index contributed by atoms with van der Waals surface area (Å²) in [7, 11) is 0. The first-order valence-electron chi connectivity index (χ1n) is 5.77. The van der Waals surface area contributed by atoms with E-state index in [1.165, 1.54) is 24.1 Å². The highest BCUT2D eigenvalue weighted by Crippen LogP contribution is 2.28. The number of aromatic nitrogens is 2. The van der Waals surface area contributed by atoms with Crippen LogP contribution in [-0.4, -0.2) is 9.78 Å². The molecule has 0 bridgehead atoms. The summed E-state index contributed by atoms with van der Waals surface area (Å²) in [6, 6.07) is 5.53. The predicted octanol–water partition coefficient (Wildman–Crippen LogP) is 4.06. The number of halogens is 2. The van der Waals surface area contributed by atoms with E-state index >= 15 is 0 Å². The van der Waals surface area contributed by atoms with Crippen molar-refractivity contribution in [2.75, 3.05) is 0 Å². The molecule has 2 aromatic rings. The number of hydrogen-bond acceptors (Lipinski definition) is 1. The average molecular weight is 267 g/mol. The molecule has 1 heterocycles. The summed E-state index contributed by atoms with van der Waals surface area (Å²) in [6.45, 7) is 0. The smallest absolute Gasteiger partial charge is 0.0836 e. The molecule has 0 N–H and O–H groups in total. The van der Waals surface area contributed by atoms with Gasteiger partial charge >= 0.3 is 0 Å². The molecule has 3 rings (SSSR count). The van der Waals surface area contributed by atoms with Gasteiger partial charge in [-0.05, 0) is 49.4 Å². The largest absolute Gasteiger partial charge is 0.236 e. The fraction of sp³-hybridized carbons (Fsp3) is 0.308. The number of rotatable bonds is 1. The Kier molecular flexibility index (Phi) is 2.85. The molecule has 0 atom stereocenters. The number of hydrogen-bond donors (Lipinski definition) is 0. The van der Waals surface area contributed by atoms with Gasteiger partial charge in [-0.15, -0.1) is 0 Å². The minimum Gasteiger partial charge on any atom is -0.236 e. The topological polar surface area (TPSA) is 17.8 Å². The molecule has 88 valence electrons. The van der Waals surface area contributed by atoms with Gasteiger partial charge in [0.05, 0.1) is 16.9 Å². The van der Waals surface area contributed by atoms with E-state index in [1.54, 1.807) is 6.07 Å². The van der Waals surface area contributed by atoms with E-state index in [1.807, 2.05) is 23.0 Å². The molecule has 2 nitrogen and oxygen atoms in total. The summed E-state index contributed by atoms with van der Waals surface area (Å²) < 4.78 is 1.95. The Bertz CT molecular complexity index is 561. The Hall–Kier alpha value is -0.990. The Morgan fingerprint density at radius 2 is 1.94 bits per heavy atom.